The number of hydrogen-bond donors (Lipinski definition) is 1. The number of halogens is 1. The normalized spacial score (nSPS) is 10.1. The van der Waals surface area contributed by atoms with Crippen molar-refractivity contribution in [3.63, 3.8) is 0 Å². The number of carbonyl (C=O) groups is 1. The van der Waals surface area contributed by atoms with Gasteiger partial charge in [-0.05, 0) is 48.1 Å². The maximum absolute atomic E-state index is 11.2. The molecule has 0 aliphatic carbocycles. The third-order valence-corrected chi connectivity index (χ3v) is 2.62. The Bertz CT molecular complexity index is 404. The number of benzene rings is 1. The van der Waals surface area contributed by atoms with Crippen LogP contribution in [-0.4, -0.2) is 24.3 Å². The maximum atomic E-state index is 11.2. The monoisotopic (exact) mass is 350 g/mol. The lowest BCUT2D eigenvalue weighted by Gasteiger charge is -2.14. The smallest absolute Gasteiger partial charge is 0.339 e. The summed E-state index contributed by atoms with van der Waals surface area (Å²) in [6, 6.07) is 3.36. The lowest BCUT2D eigenvalue weighted by Crippen LogP contribution is -2.07. The molecule has 0 heterocycles. The summed E-state index contributed by atoms with van der Waals surface area (Å²) >= 11 is 2.06. The third kappa shape index (κ3) is 3.76. The highest BCUT2D eigenvalue weighted by Gasteiger charge is 2.18. The van der Waals surface area contributed by atoms with Crippen molar-refractivity contribution in [2.45, 2.75) is 20.3 Å². The third-order valence-electron chi connectivity index (χ3n) is 2.00. The topological polar surface area (TPSA) is 55.8 Å². The Labute approximate surface area is 114 Å². The van der Waals surface area contributed by atoms with Gasteiger partial charge in [0, 0.05) is 3.57 Å². The Morgan fingerprint density at radius 3 is 2.59 bits per heavy atom. The molecule has 0 saturated carbocycles. The van der Waals surface area contributed by atoms with E-state index in [9.17, 15) is 4.79 Å². The van der Waals surface area contributed by atoms with Crippen molar-refractivity contribution in [1.82, 2.24) is 0 Å². The van der Waals surface area contributed by atoms with E-state index in [0.717, 1.165) is 9.99 Å². The van der Waals surface area contributed by atoms with Crippen LogP contribution in [0.3, 0.4) is 0 Å². The van der Waals surface area contributed by atoms with Crippen LogP contribution in [0.5, 0.6) is 11.5 Å². The molecule has 0 fully saturated rings. The molecule has 4 nitrogen and oxygen atoms in total. The van der Waals surface area contributed by atoms with Crippen molar-refractivity contribution in [2.24, 2.45) is 0 Å². The number of rotatable bonds is 6. The molecule has 0 aromatic heterocycles. The number of carboxylic acids is 1. The zero-order chi connectivity index (χ0) is 12.8. The molecule has 0 saturated heterocycles. The molecule has 5 heteroatoms. The minimum absolute atomic E-state index is 0.147. The van der Waals surface area contributed by atoms with E-state index in [0.29, 0.717) is 24.7 Å². The van der Waals surface area contributed by atoms with E-state index >= 15 is 0 Å². The molecular formula is C12H15IO4. The van der Waals surface area contributed by atoms with Gasteiger partial charge in [0.1, 0.15) is 5.56 Å². The molecule has 0 amide bonds. The van der Waals surface area contributed by atoms with Crippen LogP contribution in [0.25, 0.3) is 0 Å². The molecule has 0 bridgehead atoms. The zero-order valence-corrected chi connectivity index (χ0v) is 12.0. The first-order chi connectivity index (χ1) is 8.10. The molecule has 1 aromatic rings. The standard InChI is InChI=1S/C12H15IO4/c1-3-5-17-11-9(12(14)15)6-8(13)7-10(11)16-4-2/h6-7H,3-5H2,1-2H3,(H,14,15). The van der Waals surface area contributed by atoms with E-state index in [-0.39, 0.29) is 5.56 Å². The fourth-order valence-electron chi connectivity index (χ4n) is 1.34. The van der Waals surface area contributed by atoms with E-state index < -0.39 is 5.97 Å². The Morgan fingerprint density at radius 1 is 1.35 bits per heavy atom. The Morgan fingerprint density at radius 2 is 2.06 bits per heavy atom. The van der Waals surface area contributed by atoms with E-state index in [2.05, 4.69) is 22.6 Å². The highest BCUT2D eigenvalue weighted by atomic mass is 127. The number of carboxylic acid groups (broad SMARTS) is 1. The summed E-state index contributed by atoms with van der Waals surface area (Å²) in [5.41, 5.74) is 0.147. The molecule has 1 rings (SSSR count). The summed E-state index contributed by atoms with van der Waals surface area (Å²) in [4.78, 5) is 11.2. The molecule has 0 spiro atoms. The first kappa shape index (κ1) is 14.1. The second-order valence-electron chi connectivity index (χ2n) is 3.37. The molecule has 17 heavy (non-hydrogen) atoms. The summed E-state index contributed by atoms with van der Waals surface area (Å²) < 4.78 is 11.7. The number of aromatic carboxylic acids is 1. The van der Waals surface area contributed by atoms with Crippen LogP contribution in [0.2, 0.25) is 0 Å². The van der Waals surface area contributed by atoms with Crippen LogP contribution in [0.1, 0.15) is 30.6 Å². The van der Waals surface area contributed by atoms with Crippen molar-refractivity contribution >= 4 is 28.6 Å². The van der Waals surface area contributed by atoms with E-state index in [1.807, 2.05) is 13.8 Å². The molecule has 0 unspecified atom stereocenters. The van der Waals surface area contributed by atoms with Crippen molar-refractivity contribution in [2.75, 3.05) is 13.2 Å². The van der Waals surface area contributed by atoms with Gasteiger partial charge in [-0.3, -0.25) is 0 Å². The van der Waals surface area contributed by atoms with Gasteiger partial charge in [-0.25, -0.2) is 4.79 Å². The lowest BCUT2D eigenvalue weighted by molar-refractivity contribution is 0.0691. The summed E-state index contributed by atoms with van der Waals surface area (Å²) in [6.45, 7) is 4.76. The van der Waals surface area contributed by atoms with Crippen LogP contribution >= 0.6 is 22.6 Å². The van der Waals surface area contributed by atoms with Crippen LogP contribution < -0.4 is 9.47 Å². The van der Waals surface area contributed by atoms with Gasteiger partial charge in [0.05, 0.1) is 13.2 Å². The van der Waals surface area contributed by atoms with E-state index in [4.69, 9.17) is 14.6 Å². The Kier molecular flexibility index (Phi) is 5.54. The van der Waals surface area contributed by atoms with Crippen LogP contribution in [0.15, 0.2) is 12.1 Å². The minimum atomic E-state index is -1.00. The zero-order valence-electron chi connectivity index (χ0n) is 9.83. The molecule has 0 radical (unpaired) electrons. The average molecular weight is 350 g/mol. The average Bonchev–Trinajstić information content (AvgIpc) is 2.27. The first-order valence-corrected chi connectivity index (χ1v) is 6.50. The summed E-state index contributed by atoms with van der Waals surface area (Å²) in [7, 11) is 0. The van der Waals surface area contributed by atoms with Gasteiger partial charge in [-0.1, -0.05) is 6.92 Å². The summed E-state index contributed by atoms with van der Waals surface area (Å²) in [6.07, 6.45) is 0.816. The molecule has 0 aliphatic heterocycles. The summed E-state index contributed by atoms with van der Waals surface area (Å²) in [5, 5.41) is 9.14. The molecule has 1 aromatic carbocycles. The second-order valence-corrected chi connectivity index (χ2v) is 4.61. The Balaban J connectivity index is 3.20. The SMILES string of the molecule is CCCOc1c(OCC)cc(I)cc1C(=O)O. The molecule has 94 valence electrons. The van der Waals surface area contributed by atoms with E-state index in [1.165, 1.54) is 0 Å². The van der Waals surface area contributed by atoms with Gasteiger partial charge >= 0.3 is 5.97 Å². The van der Waals surface area contributed by atoms with Gasteiger partial charge in [0.25, 0.3) is 0 Å². The van der Waals surface area contributed by atoms with E-state index in [1.54, 1.807) is 12.1 Å². The fourth-order valence-corrected chi connectivity index (χ4v) is 1.94. The number of ether oxygens (including phenoxy) is 2. The molecule has 0 aliphatic rings. The van der Waals surface area contributed by atoms with Gasteiger partial charge in [0.2, 0.25) is 0 Å². The molecule has 0 atom stereocenters. The highest BCUT2D eigenvalue weighted by molar-refractivity contribution is 14.1. The minimum Gasteiger partial charge on any atom is -0.490 e. The van der Waals surface area contributed by atoms with Crippen LogP contribution in [-0.2, 0) is 0 Å². The van der Waals surface area contributed by atoms with Crippen molar-refractivity contribution in [3.8, 4) is 11.5 Å². The molecular weight excluding hydrogens is 335 g/mol. The van der Waals surface area contributed by atoms with Crippen molar-refractivity contribution < 1.29 is 19.4 Å². The van der Waals surface area contributed by atoms with Crippen LogP contribution in [0.4, 0.5) is 0 Å². The first-order valence-electron chi connectivity index (χ1n) is 5.42. The lowest BCUT2D eigenvalue weighted by atomic mass is 10.2. The van der Waals surface area contributed by atoms with Gasteiger partial charge < -0.3 is 14.6 Å². The Hall–Kier alpha value is -0.980. The largest absolute Gasteiger partial charge is 0.490 e. The summed E-state index contributed by atoms with van der Waals surface area (Å²) in [5.74, 6) is -0.192. The van der Waals surface area contributed by atoms with Crippen LogP contribution in [0, 0.1) is 3.57 Å². The van der Waals surface area contributed by atoms with Gasteiger partial charge in [0.15, 0.2) is 11.5 Å². The molecule has 1 N–H and O–H groups in total. The van der Waals surface area contributed by atoms with Crippen molar-refractivity contribution in [1.29, 1.82) is 0 Å². The maximum Gasteiger partial charge on any atom is 0.339 e. The quantitative estimate of drug-likeness (QED) is 0.801. The predicted molar refractivity (Wildman–Crippen MR) is 73.1 cm³/mol. The van der Waals surface area contributed by atoms with Gasteiger partial charge in [-0.15, -0.1) is 0 Å². The fraction of sp³-hybridized carbons (Fsp3) is 0.417. The van der Waals surface area contributed by atoms with Crippen molar-refractivity contribution in [3.05, 3.63) is 21.3 Å². The highest BCUT2D eigenvalue weighted by Crippen LogP contribution is 2.34. The second kappa shape index (κ2) is 6.68. The number of hydrogen-bond acceptors (Lipinski definition) is 3. The predicted octanol–water partition coefficient (Wildman–Crippen LogP) is 3.18. The van der Waals surface area contributed by atoms with Gasteiger partial charge in [-0.2, -0.15) is 0 Å².